The Hall–Kier alpha value is -2.98. The Bertz CT molecular complexity index is 2030. The third-order valence-corrected chi connectivity index (χ3v) is 18.7. The van der Waals surface area contributed by atoms with Gasteiger partial charge in [0.2, 0.25) is 0 Å². The van der Waals surface area contributed by atoms with Gasteiger partial charge in [-0.2, -0.15) is 0 Å². The molecule has 19 heteroatoms. The summed E-state index contributed by atoms with van der Waals surface area (Å²) in [6.07, 6.45) is 64.2. The van der Waals surface area contributed by atoms with Crippen molar-refractivity contribution < 1.29 is 80.2 Å². The van der Waals surface area contributed by atoms with Crippen molar-refractivity contribution in [3.8, 4) is 0 Å². The van der Waals surface area contributed by atoms with E-state index in [-0.39, 0.29) is 25.7 Å². The van der Waals surface area contributed by atoms with Gasteiger partial charge in [0.05, 0.1) is 26.4 Å². The Labute approximate surface area is 585 Å². The summed E-state index contributed by atoms with van der Waals surface area (Å²) in [6.45, 7) is 7.15. The third kappa shape index (κ3) is 69.5. The van der Waals surface area contributed by atoms with Crippen LogP contribution in [0.1, 0.15) is 356 Å². The van der Waals surface area contributed by atoms with Crippen LogP contribution in [0, 0.1) is 5.92 Å². The summed E-state index contributed by atoms with van der Waals surface area (Å²) in [6, 6.07) is 0. The second-order valence-electron chi connectivity index (χ2n) is 26.8. The lowest BCUT2D eigenvalue weighted by Gasteiger charge is -2.21. The number of phosphoric ester groups is 2. The van der Waals surface area contributed by atoms with Crippen LogP contribution in [-0.4, -0.2) is 96.7 Å². The maximum absolute atomic E-state index is 13.1. The van der Waals surface area contributed by atoms with Gasteiger partial charge in [-0.25, -0.2) is 9.13 Å². The van der Waals surface area contributed by atoms with Crippen molar-refractivity contribution in [2.45, 2.75) is 374 Å². The summed E-state index contributed by atoms with van der Waals surface area (Å²) in [5.74, 6) is -1.37. The fourth-order valence-corrected chi connectivity index (χ4v) is 12.4. The smallest absolute Gasteiger partial charge is 0.462 e. The molecule has 0 aliphatic rings. The zero-order valence-corrected chi connectivity index (χ0v) is 63.3. The number of allylic oxidation sites excluding steroid dienone is 8. The summed E-state index contributed by atoms with van der Waals surface area (Å²) in [4.78, 5) is 72.6. The minimum atomic E-state index is -4.97. The minimum Gasteiger partial charge on any atom is -0.462 e. The first-order valence-corrected chi connectivity index (χ1v) is 41.8. The van der Waals surface area contributed by atoms with E-state index in [2.05, 4.69) is 83.2 Å². The van der Waals surface area contributed by atoms with Crippen LogP contribution in [0.25, 0.3) is 0 Å². The van der Waals surface area contributed by atoms with Gasteiger partial charge in [0, 0.05) is 25.7 Å². The second-order valence-corrected chi connectivity index (χ2v) is 29.8. The molecule has 17 nitrogen and oxygen atoms in total. The molecule has 0 rings (SSSR count). The van der Waals surface area contributed by atoms with E-state index in [9.17, 15) is 43.2 Å². The molecule has 0 amide bonds. The summed E-state index contributed by atoms with van der Waals surface area (Å²) in [7, 11) is -9.93. The Morgan fingerprint density at radius 2 is 0.562 bits per heavy atom. The molecule has 0 bridgehead atoms. The fourth-order valence-electron chi connectivity index (χ4n) is 10.8. The number of hydrogen-bond acceptors (Lipinski definition) is 15. The van der Waals surface area contributed by atoms with Gasteiger partial charge in [0.15, 0.2) is 12.2 Å². The number of carbonyl (C=O) groups is 4. The van der Waals surface area contributed by atoms with Crippen molar-refractivity contribution >= 4 is 39.5 Å². The predicted octanol–water partition coefficient (Wildman–Crippen LogP) is 22.0. The van der Waals surface area contributed by atoms with Crippen molar-refractivity contribution in [3.05, 3.63) is 48.6 Å². The zero-order valence-electron chi connectivity index (χ0n) is 61.5. The van der Waals surface area contributed by atoms with Crippen molar-refractivity contribution in [2.24, 2.45) is 5.92 Å². The van der Waals surface area contributed by atoms with Gasteiger partial charge < -0.3 is 33.8 Å². The Balaban J connectivity index is 5.25. The highest BCUT2D eigenvalue weighted by Crippen LogP contribution is 2.45. The highest BCUT2D eigenvalue weighted by Gasteiger charge is 2.30. The van der Waals surface area contributed by atoms with Crippen LogP contribution in [0.15, 0.2) is 48.6 Å². The SMILES string of the molecule is CCCCCC/C=C\C=C/CCCCCCCC(=O)OC[C@H](COP(=O)(O)OC[C@@H](O)COP(=O)(O)OC[C@@H](COC(=O)CCCCCCCCC)OC(=O)CCCCCCC/C=C\C=C/CCCCCC)OC(=O)CCCCCCCCCCCCCCCCCCC(C)C. The Morgan fingerprint density at radius 1 is 0.323 bits per heavy atom. The molecule has 0 saturated heterocycles. The van der Waals surface area contributed by atoms with Gasteiger partial charge in [-0.3, -0.25) is 37.3 Å². The summed E-state index contributed by atoms with van der Waals surface area (Å²) in [5.41, 5.74) is 0. The van der Waals surface area contributed by atoms with Crippen LogP contribution in [0.4, 0.5) is 0 Å². The lowest BCUT2D eigenvalue weighted by Crippen LogP contribution is -2.30. The first kappa shape index (κ1) is 93.0. The maximum Gasteiger partial charge on any atom is 0.472 e. The van der Waals surface area contributed by atoms with E-state index < -0.39 is 97.5 Å². The minimum absolute atomic E-state index is 0.0825. The third-order valence-electron chi connectivity index (χ3n) is 16.8. The van der Waals surface area contributed by atoms with Crippen LogP contribution < -0.4 is 0 Å². The molecule has 0 aromatic heterocycles. The van der Waals surface area contributed by atoms with E-state index >= 15 is 0 Å². The van der Waals surface area contributed by atoms with Gasteiger partial charge in [-0.05, 0) is 83.0 Å². The van der Waals surface area contributed by atoms with Gasteiger partial charge in [0.1, 0.15) is 19.3 Å². The Morgan fingerprint density at radius 3 is 0.854 bits per heavy atom. The van der Waals surface area contributed by atoms with E-state index in [0.717, 1.165) is 141 Å². The van der Waals surface area contributed by atoms with Crippen LogP contribution in [-0.2, 0) is 65.4 Å². The van der Waals surface area contributed by atoms with Crippen molar-refractivity contribution in [1.29, 1.82) is 0 Å². The number of aliphatic hydroxyl groups excluding tert-OH is 1. The summed E-state index contributed by atoms with van der Waals surface area (Å²) < 4.78 is 68.3. The number of carbonyl (C=O) groups excluding carboxylic acids is 4. The number of unbranched alkanes of at least 4 members (excludes halogenated alkanes) is 39. The molecule has 0 spiro atoms. The van der Waals surface area contributed by atoms with Crippen molar-refractivity contribution in [3.63, 3.8) is 0 Å². The molecule has 0 radical (unpaired) electrons. The molecule has 0 heterocycles. The molecule has 3 N–H and O–H groups in total. The van der Waals surface area contributed by atoms with Crippen LogP contribution in [0.5, 0.6) is 0 Å². The van der Waals surface area contributed by atoms with Crippen LogP contribution >= 0.6 is 15.6 Å². The standard InChI is InChI=1S/C77H142O17P2/c1-6-9-12-15-18-20-22-24-28-33-37-41-46-51-56-61-75(80)88-67-73(94-77(82)63-58-53-48-43-39-35-31-27-26-30-32-36-40-45-49-54-59-70(4)5)69-92-96(85,86)90-65-71(78)64-89-95(83,84)91-68-72(66-87-74(79)60-55-50-44-17-14-11-8-3)93-76(81)62-57-52-47-42-38-34-29-25-23-21-19-16-13-10-7-2/h20-25,28-29,70-73,78H,6-19,26-27,30-69H2,1-5H3,(H,83,84)(H,85,86)/b22-20-,23-21-,28-24-,29-25-/t71-,72+,73+/m0/s1. The Kier molecular flexibility index (Phi) is 67.0. The maximum atomic E-state index is 13.1. The number of ether oxygens (including phenoxy) is 4. The number of esters is 4. The zero-order chi connectivity index (χ0) is 70.5. The van der Waals surface area contributed by atoms with E-state index in [0.29, 0.717) is 25.7 Å². The van der Waals surface area contributed by atoms with Gasteiger partial charge in [-0.1, -0.05) is 302 Å². The van der Waals surface area contributed by atoms with Crippen molar-refractivity contribution in [1.82, 2.24) is 0 Å². The quantitative estimate of drug-likeness (QED) is 0.0169. The van der Waals surface area contributed by atoms with E-state index in [1.807, 2.05) is 0 Å². The molecule has 2 unspecified atom stereocenters. The molecule has 0 aliphatic carbocycles. The summed E-state index contributed by atoms with van der Waals surface area (Å²) >= 11 is 0. The normalized spacial score (nSPS) is 14.3. The van der Waals surface area contributed by atoms with Gasteiger partial charge in [0.25, 0.3) is 0 Å². The topological polar surface area (TPSA) is 237 Å². The average Bonchev–Trinajstić information content (AvgIpc) is 3.02. The molecule has 0 aliphatic heterocycles. The average molecular weight is 1400 g/mol. The highest BCUT2D eigenvalue weighted by atomic mass is 31.2. The van der Waals surface area contributed by atoms with E-state index in [1.54, 1.807) is 0 Å². The second kappa shape index (κ2) is 69.1. The predicted molar refractivity (Wildman–Crippen MR) is 390 cm³/mol. The lowest BCUT2D eigenvalue weighted by atomic mass is 10.0. The number of rotatable bonds is 73. The molecule has 0 fully saturated rings. The number of aliphatic hydroxyl groups is 1. The first-order chi connectivity index (χ1) is 46.5. The number of phosphoric acid groups is 2. The van der Waals surface area contributed by atoms with Crippen LogP contribution in [0.3, 0.4) is 0 Å². The molecule has 0 aromatic rings. The molecular formula is C77H142O17P2. The fraction of sp³-hybridized carbons (Fsp3) is 0.844. The van der Waals surface area contributed by atoms with E-state index in [4.69, 9.17) is 37.0 Å². The first-order valence-electron chi connectivity index (χ1n) is 38.8. The van der Waals surface area contributed by atoms with Crippen molar-refractivity contribution in [2.75, 3.05) is 39.6 Å². The molecule has 5 atom stereocenters. The molecule has 0 saturated carbocycles. The van der Waals surface area contributed by atoms with Crippen LogP contribution in [0.2, 0.25) is 0 Å². The summed E-state index contributed by atoms with van der Waals surface area (Å²) in [5, 5.41) is 10.6. The lowest BCUT2D eigenvalue weighted by molar-refractivity contribution is -0.161. The molecular weight excluding hydrogens is 1260 g/mol. The molecule has 0 aromatic carbocycles. The van der Waals surface area contributed by atoms with Gasteiger partial charge >= 0.3 is 39.5 Å². The molecule has 96 heavy (non-hydrogen) atoms. The number of hydrogen-bond donors (Lipinski definition) is 3. The highest BCUT2D eigenvalue weighted by molar-refractivity contribution is 7.47. The van der Waals surface area contributed by atoms with E-state index in [1.165, 1.54) is 135 Å². The largest absolute Gasteiger partial charge is 0.472 e. The monoisotopic (exact) mass is 1400 g/mol. The molecule has 562 valence electrons. The van der Waals surface area contributed by atoms with Gasteiger partial charge in [-0.15, -0.1) is 0 Å².